The molecule has 1 aliphatic carbocycles. The van der Waals surface area contributed by atoms with E-state index in [1.165, 1.54) is 18.2 Å². The summed E-state index contributed by atoms with van der Waals surface area (Å²) in [6.07, 6.45) is 5.50. The molecule has 0 bridgehead atoms. The molecule has 0 aliphatic heterocycles. The number of halogens is 3. The number of rotatable bonds is 9. The first-order valence-electron chi connectivity index (χ1n) is 13.6. The number of amides is 1. The Kier molecular flexibility index (Phi) is 8.51. The molecule has 42 heavy (non-hydrogen) atoms. The number of nitrogens with one attached hydrogen (secondary N) is 1. The molecule has 1 aromatic heterocycles. The van der Waals surface area contributed by atoms with Crippen molar-refractivity contribution in [2.45, 2.75) is 56.0 Å². The van der Waals surface area contributed by atoms with Crippen LogP contribution >= 0.6 is 0 Å². The van der Waals surface area contributed by atoms with Gasteiger partial charge in [-0.3, -0.25) is 4.79 Å². The summed E-state index contributed by atoms with van der Waals surface area (Å²) in [7, 11) is -2.12. The van der Waals surface area contributed by atoms with E-state index in [0.717, 1.165) is 48.2 Å². The molecule has 0 saturated carbocycles. The number of sulfonamides is 1. The Bertz CT molecular complexity index is 1710. The Morgan fingerprint density at radius 3 is 2.52 bits per heavy atom. The number of aromatic nitrogens is 2. The van der Waals surface area contributed by atoms with Crippen LogP contribution in [0.5, 0.6) is 0 Å². The first kappa shape index (κ1) is 29.5. The molecule has 4 aromatic rings. The molecule has 0 saturated heterocycles. The van der Waals surface area contributed by atoms with Crippen molar-refractivity contribution in [2.75, 3.05) is 4.90 Å². The average molecular weight is 597 g/mol. The largest absolute Gasteiger partial charge is 0.337 e. The fourth-order valence-corrected chi connectivity index (χ4v) is 6.52. The summed E-state index contributed by atoms with van der Waals surface area (Å²) in [5, 5.41) is 0. The fourth-order valence-electron chi connectivity index (χ4n) is 5.27. The second kappa shape index (κ2) is 12.1. The van der Waals surface area contributed by atoms with E-state index in [1.54, 1.807) is 28.8 Å². The van der Waals surface area contributed by atoms with E-state index in [0.29, 0.717) is 23.5 Å². The smallest absolute Gasteiger partial charge is 0.241 e. The van der Waals surface area contributed by atoms with E-state index >= 15 is 0 Å². The second-order valence-electron chi connectivity index (χ2n) is 10.6. The Hall–Kier alpha value is -3.96. The van der Waals surface area contributed by atoms with Crippen LogP contribution in [0.1, 0.15) is 60.7 Å². The van der Waals surface area contributed by atoms with E-state index in [9.17, 15) is 26.4 Å². The average Bonchev–Trinajstić information content (AvgIpc) is 3.37. The van der Waals surface area contributed by atoms with Crippen LogP contribution < -0.4 is 9.62 Å². The highest BCUT2D eigenvalue weighted by molar-refractivity contribution is 7.89. The first-order valence-corrected chi connectivity index (χ1v) is 15.1. The molecule has 11 heteroatoms. The first-order chi connectivity index (χ1) is 20.0. The number of nitrogens with zero attached hydrogens (tertiary/aromatic N) is 3. The molecule has 5 rings (SSSR count). The molecule has 1 aliphatic rings. The van der Waals surface area contributed by atoms with Gasteiger partial charge in [0.2, 0.25) is 15.9 Å². The van der Waals surface area contributed by atoms with E-state index < -0.39 is 39.4 Å². The van der Waals surface area contributed by atoms with Crippen molar-refractivity contribution >= 4 is 21.6 Å². The molecule has 2 atom stereocenters. The molecule has 1 amide bonds. The Morgan fingerprint density at radius 2 is 1.83 bits per heavy atom. The molecular weight excluding hydrogens is 565 g/mol. The summed E-state index contributed by atoms with van der Waals surface area (Å²) < 4.78 is 71.6. The SMILES string of the molecule is CC(CC(=O)N(Cc1nccn1C)c1ccc2c(c1)C(NS(=O)(=O)c1ccc(F)cc1)CCC2)c1ccc(F)c(F)c1. The van der Waals surface area contributed by atoms with Gasteiger partial charge < -0.3 is 9.47 Å². The van der Waals surface area contributed by atoms with Crippen LogP contribution in [0.2, 0.25) is 0 Å². The van der Waals surface area contributed by atoms with Gasteiger partial charge in [-0.25, -0.2) is 31.3 Å². The Labute approximate surface area is 243 Å². The topological polar surface area (TPSA) is 84.3 Å². The van der Waals surface area contributed by atoms with Gasteiger partial charge in [0, 0.05) is 37.6 Å². The number of hydrogen-bond acceptors (Lipinski definition) is 4. The minimum Gasteiger partial charge on any atom is -0.337 e. The molecule has 0 radical (unpaired) electrons. The van der Waals surface area contributed by atoms with Gasteiger partial charge in [0.05, 0.1) is 11.4 Å². The van der Waals surface area contributed by atoms with Crippen molar-refractivity contribution in [3.05, 3.63) is 113 Å². The lowest BCUT2D eigenvalue weighted by atomic mass is 9.87. The van der Waals surface area contributed by atoms with Gasteiger partial charge in [0.1, 0.15) is 11.6 Å². The van der Waals surface area contributed by atoms with Crippen LogP contribution in [0.4, 0.5) is 18.9 Å². The molecule has 1 heterocycles. The predicted molar refractivity (Wildman–Crippen MR) is 153 cm³/mol. The highest BCUT2D eigenvalue weighted by Gasteiger charge is 2.28. The van der Waals surface area contributed by atoms with Crippen LogP contribution in [0, 0.1) is 17.5 Å². The van der Waals surface area contributed by atoms with Crippen molar-refractivity contribution in [2.24, 2.45) is 7.05 Å². The summed E-state index contributed by atoms with van der Waals surface area (Å²) in [6.45, 7) is 1.92. The van der Waals surface area contributed by atoms with Crippen molar-refractivity contribution < 1.29 is 26.4 Å². The number of hydrogen-bond donors (Lipinski definition) is 1. The van der Waals surface area contributed by atoms with Gasteiger partial charge in [-0.2, -0.15) is 0 Å². The van der Waals surface area contributed by atoms with Crippen molar-refractivity contribution in [3.63, 3.8) is 0 Å². The Balaban J connectivity index is 1.46. The number of aryl methyl sites for hydroxylation is 2. The maximum Gasteiger partial charge on any atom is 0.241 e. The van der Waals surface area contributed by atoms with Crippen molar-refractivity contribution in [3.8, 4) is 0 Å². The third kappa shape index (κ3) is 6.42. The monoisotopic (exact) mass is 596 g/mol. The Morgan fingerprint density at radius 1 is 1.07 bits per heavy atom. The molecule has 2 unspecified atom stereocenters. The third-order valence-corrected chi connectivity index (χ3v) is 9.18. The summed E-state index contributed by atoms with van der Waals surface area (Å²) >= 11 is 0. The quantitative estimate of drug-likeness (QED) is 0.260. The number of anilines is 1. The highest BCUT2D eigenvalue weighted by Crippen LogP contribution is 2.35. The maximum atomic E-state index is 13.9. The summed E-state index contributed by atoms with van der Waals surface area (Å²) in [5.74, 6) is -2.47. The van der Waals surface area contributed by atoms with Crippen molar-refractivity contribution in [1.29, 1.82) is 0 Å². The number of fused-ring (bicyclic) bond motifs is 1. The summed E-state index contributed by atoms with van der Waals surface area (Å²) in [4.78, 5) is 19.7. The lowest BCUT2D eigenvalue weighted by Crippen LogP contribution is -2.34. The highest BCUT2D eigenvalue weighted by atomic mass is 32.2. The van der Waals surface area contributed by atoms with Crippen LogP contribution in [0.25, 0.3) is 0 Å². The van der Waals surface area contributed by atoms with Gasteiger partial charge in [-0.05, 0) is 90.4 Å². The number of carbonyl (C=O) groups is 1. The van der Waals surface area contributed by atoms with Gasteiger partial charge in [-0.1, -0.05) is 19.1 Å². The van der Waals surface area contributed by atoms with E-state index in [4.69, 9.17) is 0 Å². The predicted octanol–water partition coefficient (Wildman–Crippen LogP) is 5.92. The minimum atomic E-state index is -3.94. The molecular formula is C31H31F3N4O3S. The molecule has 7 nitrogen and oxygen atoms in total. The van der Waals surface area contributed by atoms with Gasteiger partial charge >= 0.3 is 0 Å². The zero-order valence-electron chi connectivity index (χ0n) is 23.2. The molecule has 220 valence electrons. The van der Waals surface area contributed by atoms with Crippen LogP contribution in [0.15, 0.2) is 78.0 Å². The number of benzene rings is 3. The van der Waals surface area contributed by atoms with E-state index in [-0.39, 0.29) is 23.8 Å². The molecule has 3 aromatic carbocycles. The standard InChI is InChI=1S/C31H31F3N4O3S/c1-20(22-7-13-27(33)28(34)17-22)16-31(39)38(19-30-35-14-15-37(30)2)24-10-6-21-4-3-5-29(26(21)18-24)36-42(40,41)25-11-8-23(32)9-12-25/h6-15,17-18,20,29,36H,3-5,16,19H2,1-2H3. The normalized spacial score (nSPS) is 15.7. The van der Waals surface area contributed by atoms with E-state index in [1.807, 2.05) is 25.2 Å². The van der Waals surface area contributed by atoms with E-state index in [2.05, 4.69) is 9.71 Å². The lowest BCUT2D eigenvalue weighted by Gasteiger charge is -2.30. The molecule has 0 fully saturated rings. The summed E-state index contributed by atoms with van der Waals surface area (Å²) in [5.41, 5.74) is 2.79. The van der Waals surface area contributed by atoms with Crippen molar-refractivity contribution in [1.82, 2.24) is 14.3 Å². The van der Waals surface area contributed by atoms with Crippen LogP contribution in [0.3, 0.4) is 0 Å². The number of imidazole rings is 1. The molecule has 1 N–H and O–H groups in total. The fraction of sp³-hybridized carbons (Fsp3) is 0.290. The minimum absolute atomic E-state index is 0.0210. The van der Waals surface area contributed by atoms with Crippen LogP contribution in [-0.4, -0.2) is 23.9 Å². The van der Waals surface area contributed by atoms with Crippen LogP contribution in [-0.2, 0) is 34.8 Å². The van der Waals surface area contributed by atoms with Gasteiger partial charge in [0.25, 0.3) is 0 Å². The zero-order valence-corrected chi connectivity index (χ0v) is 24.0. The number of carbonyl (C=O) groups excluding carboxylic acids is 1. The molecule has 0 spiro atoms. The third-order valence-electron chi connectivity index (χ3n) is 7.69. The summed E-state index contributed by atoms with van der Waals surface area (Å²) in [6, 6.07) is 13.3. The van der Waals surface area contributed by atoms with Gasteiger partial charge in [-0.15, -0.1) is 0 Å². The zero-order chi connectivity index (χ0) is 30.0. The lowest BCUT2D eigenvalue weighted by molar-refractivity contribution is -0.119. The second-order valence-corrected chi connectivity index (χ2v) is 12.3. The maximum absolute atomic E-state index is 13.9. The van der Waals surface area contributed by atoms with Gasteiger partial charge in [0.15, 0.2) is 11.6 Å².